The van der Waals surface area contributed by atoms with Gasteiger partial charge in [-0.3, -0.25) is 5.10 Å². The maximum absolute atomic E-state index is 10.8. The van der Waals surface area contributed by atoms with Crippen LogP contribution < -0.4 is 5.73 Å². The van der Waals surface area contributed by atoms with Crippen molar-refractivity contribution in [3.63, 3.8) is 0 Å². The van der Waals surface area contributed by atoms with Crippen molar-refractivity contribution in [1.29, 1.82) is 0 Å². The van der Waals surface area contributed by atoms with Crippen molar-refractivity contribution >= 4 is 11.7 Å². The molecule has 0 amide bonds. The number of aromatic amines is 1. The molecule has 2 rings (SSSR count). The van der Waals surface area contributed by atoms with Crippen LogP contribution >= 0.6 is 0 Å². The molecule has 0 unspecified atom stereocenters. The molecular weight excluding hydrogens is 206 g/mol. The van der Waals surface area contributed by atoms with Gasteiger partial charge in [-0.15, -0.1) is 0 Å². The number of H-pyrrole nitrogens is 1. The molecule has 1 aromatic heterocycles. The van der Waals surface area contributed by atoms with Gasteiger partial charge in [-0.1, -0.05) is 29.8 Å². The summed E-state index contributed by atoms with van der Waals surface area (Å²) in [5.41, 5.74) is 8.18. The Morgan fingerprint density at radius 2 is 2.00 bits per heavy atom. The lowest BCUT2D eigenvalue weighted by Crippen LogP contribution is -2.01. The Balaban J connectivity index is 2.49. The molecule has 5 nitrogen and oxygen atoms in total. The van der Waals surface area contributed by atoms with Gasteiger partial charge in [0.2, 0.25) is 0 Å². The van der Waals surface area contributed by atoms with Crippen LogP contribution in [0.5, 0.6) is 0 Å². The Hall–Kier alpha value is -2.30. The third-order valence-electron chi connectivity index (χ3n) is 2.34. The average molecular weight is 217 g/mol. The third kappa shape index (κ3) is 1.63. The van der Waals surface area contributed by atoms with Gasteiger partial charge in [-0.25, -0.2) is 4.79 Å². The van der Waals surface area contributed by atoms with E-state index in [1.807, 2.05) is 31.2 Å². The van der Waals surface area contributed by atoms with Crippen molar-refractivity contribution in [3.8, 4) is 11.3 Å². The first-order valence-electron chi connectivity index (χ1n) is 4.73. The topological polar surface area (TPSA) is 92.0 Å². The molecule has 0 saturated heterocycles. The second-order valence-corrected chi connectivity index (χ2v) is 3.53. The number of aromatic nitrogens is 2. The lowest BCUT2D eigenvalue weighted by Gasteiger charge is -1.99. The van der Waals surface area contributed by atoms with Gasteiger partial charge >= 0.3 is 5.97 Å². The van der Waals surface area contributed by atoms with Gasteiger partial charge < -0.3 is 10.8 Å². The van der Waals surface area contributed by atoms with E-state index >= 15 is 0 Å². The number of aromatic carboxylic acids is 1. The minimum absolute atomic E-state index is 0.0735. The number of benzene rings is 1. The highest BCUT2D eigenvalue weighted by Crippen LogP contribution is 2.26. The Morgan fingerprint density at radius 3 is 2.50 bits per heavy atom. The summed E-state index contributed by atoms with van der Waals surface area (Å²) in [5.74, 6) is -1.11. The number of carboxylic acid groups (broad SMARTS) is 1. The van der Waals surface area contributed by atoms with Crippen molar-refractivity contribution in [2.75, 3.05) is 5.73 Å². The number of aryl methyl sites for hydroxylation is 1. The van der Waals surface area contributed by atoms with Gasteiger partial charge in [0, 0.05) is 5.56 Å². The molecule has 0 fully saturated rings. The first-order valence-corrected chi connectivity index (χ1v) is 4.73. The average Bonchev–Trinajstić information content (AvgIpc) is 2.61. The number of hydrogen-bond acceptors (Lipinski definition) is 3. The van der Waals surface area contributed by atoms with E-state index in [-0.39, 0.29) is 11.4 Å². The molecule has 16 heavy (non-hydrogen) atoms. The maximum atomic E-state index is 10.8. The number of carbonyl (C=O) groups is 1. The number of carboxylic acids is 1. The molecule has 0 atom stereocenters. The summed E-state index contributed by atoms with van der Waals surface area (Å²) in [6.45, 7) is 1.97. The largest absolute Gasteiger partial charge is 0.476 e. The third-order valence-corrected chi connectivity index (χ3v) is 2.34. The van der Waals surface area contributed by atoms with Crippen molar-refractivity contribution in [3.05, 3.63) is 35.5 Å². The zero-order valence-electron chi connectivity index (χ0n) is 8.69. The molecular formula is C11H11N3O2. The van der Waals surface area contributed by atoms with E-state index in [9.17, 15) is 4.79 Å². The standard InChI is InChI=1S/C11H11N3O2/c1-6-2-4-7(5-3-6)9-8(12)10(11(15)16)14-13-9/h2-5H,12H2,1H3,(H,13,14)(H,15,16). The van der Waals surface area contributed by atoms with Crippen LogP contribution in [0.3, 0.4) is 0 Å². The molecule has 0 saturated carbocycles. The Kier molecular flexibility index (Phi) is 2.36. The summed E-state index contributed by atoms with van der Waals surface area (Å²) in [6.07, 6.45) is 0. The minimum Gasteiger partial charge on any atom is -0.476 e. The Morgan fingerprint density at radius 1 is 1.38 bits per heavy atom. The van der Waals surface area contributed by atoms with E-state index in [2.05, 4.69) is 10.2 Å². The van der Waals surface area contributed by atoms with Gasteiger partial charge in [0.15, 0.2) is 5.69 Å². The number of anilines is 1. The fourth-order valence-corrected chi connectivity index (χ4v) is 1.45. The van der Waals surface area contributed by atoms with Gasteiger partial charge in [0.25, 0.3) is 0 Å². The maximum Gasteiger partial charge on any atom is 0.356 e. The normalized spacial score (nSPS) is 10.3. The van der Waals surface area contributed by atoms with Crippen LogP contribution in [0.25, 0.3) is 11.3 Å². The SMILES string of the molecule is Cc1ccc(-c2n[nH]c(C(=O)O)c2N)cc1. The fraction of sp³-hybridized carbons (Fsp3) is 0.0909. The highest BCUT2D eigenvalue weighted by atomic mass is 16.4. The van der Waals surface area contributed by atoms with E-state index < -0.39 is 5.97 Å². The summed E-state index contributed by atoms with van der Waals surface area (Å²) in [7, 11) is 0. The molecule has 0 radical (unpaired) electrons. The zero-order chi connectivity index (χ0) is 11.7. The zero-order valence-corrected chi connectivity index (χ0v) is 8.69. The number of nitrogens with one attached hydrogen (secondary N) is 1. The summed E-state index contributed by atoms with van der Waals surface area (Å²) in [6, 6.07) is 7.55. The molecule has 4 N–H and O–H groups in total. The van der Waals surface area contributed by atoms with Gasteiger partial charge in [-0.05, 0) is 6.92 Å². The van der Waals surface area contributed by atoms with E-state index in [1.54, 1.807) is 0 Å². The summed E-state index contributed by atoms with van der Waals surface area (Å²) < 4.78 is 0. The Bertz CT molecular complexity index is 529. The summed E-state index contributed by atoms with van der Waals surface area (Å²) >= 11 is 0. The predicted molar refractivity (Wildman–Crippen MR) is 60.1 cm³/mol. The predicted octanol–water partition coefficient (Wildman–Crippen LogP) is 1.67. The van der Waals surface area contributed by atoms with Crippen LogP contribution in [0.4, 0.5) is 5.69 Å². The van der Waals surface area contributed by atoms with E-state index in [0.29, 0.717) is 5.69 Å². The van der Waals surface area contributed by atoms with E-state index in [1.165, 1.54) is 0 Å². The molecule has 82 valence electrons. The molecule has 2 aromatic rings. The number of nitrogens with two attached hydrogens (primary N) is 1. The highest BCUT2D eigenvalue weighted by molar-refractivity contribution is 5.95. The second-order valence-electron chi connectivity index (χ2n) is 3.53. The summed E-state index contributed by atoms with van der Waals surface area (Å²) in [5, 5.41) is 15.1. The molecule has 0 aliphatic rings. The van der Waals surface area contributed by atoms with Crippen LogP contribution in [0, 0.1) is 6.92 Å². The van der Waals surface area contributed by atoms with Crippen molar-refractivity contribution < 1.29 is 9.90 Å². The first-order chi connectivity index (χ1) is 7.59. The van der Waals surface area contributed by atoms with Crippen LogP contribution in [0.1, 0.15) is 16.1 Å². The smallest absolute Gasteiger partial charge is 0.356 e. The summed E-state index contributed by atoms with van der Waals surface area (Å²) in [4.78, 5) is 10.8. The molecule has 5 heteroatoms. The first kappa shape index (κ1) is 10.2. The van der Waals surface area contributed by atoms with Crippen molar-refractivity contribution in [2.24, 2.45) is 0 Å². The lowest BCUT2D eigenvalue weighted by atomic mass is 10.1. The number of nitrogens with zero attached hydrogens (tertiary/aromatic N) is 1. The lowest BCUT2D eigenvalue weighted by molar-refractivity contribution is 0.0691. The van der Waals surface area contributed by atoms with Gasteiger partial charge in [0.1, 0.15) is 5.69 Å². The molecule has 0 aliphatic heterocycles. The molecule has 0 spiro atoms. The van der Waals surface area contributed by atoms with Crippen LogP contribution in [-0.4, -0.2) is 21.3 Å². The number of nitrogen functional groups attached to an aromatic ring is 1. The van der Waals surface area contributed by atoms with Crippen LogP contribution in [-0.2, 0) is 0 Å². The molecule has 0 aliphatic carbocycles. The van der Waals surface area contributed by atoms with Gasteiger partial charge in [0.05, 0.1) is 5.69 Å². The number of rotatable bonds is 2. The molecule has 1 aromatic carbocycles. The number of hydrogen-bond donors (Lipinski definition) is 3. The minimum atomic E-state index is -1.11. The van der Waals surface area contributed by atoms with Crippen molar-refractivity contribution in [2.45, 2.75) is 6.92 Å². The van der Waals surface area contributed by atoms with Crippen molar-refractivity contribution in [1.82, 2.24) is 10.2 Å². The second kappa shape index (κ2) is 3.69. The quantitative estimate of drug-likeness (QED) is 0.713. The van der Waals surface area contributed by atoms with E-state index in [0.717, 1.165) is 11.1 Å². The monoisotopic (exact) mass is 217 g/mol. The Labute approximate surface area is 91.9 Å². The fourth-order valence-electron chi connectivity index (χ4n) is 1.45. The van der Waals surface area contributed by atoms with Crippen LogP contribution in [0.2, 0.25) is 0 Å². The molecule has 0 bridgehead atoms. The molecule has 1 heterocycles. The van der Waals surface area contributed by atoms with Crippen LogP contribution in [0.15, 0.2) is 24.3 Å². The van der Waals surface area contributed by atoms with Gasteiger partial charge in [-0.2, -0.15) is 5.10 Å². The highest BCUT2D eigenvalue weighted by Gasteiger charge is 2.16. The van der Waals surface area contributed by atoms with E-state index in [4.69, 9.17) is 10.8 Å².